The summed E-state index contributed by atoms with van der Waals surface area (Å²) in [4.78, 5) is 59.6. The summed E-state index contributed by atoms with van der Waals surface area (Å²) in [5.74, 6) is -0.584. The van der Waals surface area contributed by atoms with Gasteiger partial charge >= 0.3 is 21.3 Å². The summed E-state index contributed by atoms with van der Waals surface area (Å²) in [6, 6.07) is 5.70. The molecular formula is C13H19NO9P2. The minimum atomic E-state index is -5.07. The Hall–Kier alpha value is -1.54. The number of benzene rings is 1. The predicted octanol–water partition coefficient (Wildman–Crippen LogP) is 1.90. The van der Waals surface area contributed by atoms with Crippen molar-refractivity contribution in [2.45, 2.75) is 25.2 Å². The molecule has 1 aromatic carbocycles. The Labute approximate surface area is 143 Å². The van der Waals surface area contributed by atoms with Gasteiger partial charge in [0, 0.05) is 17.7 Å². The summed E-state index contributed by atoms with van der Waals surface area (Å²) in [5, 5.41) is 0.157. The monoisotopic (exact) mass is 395 g/mol. The molecule has 0 saturated heterocycles. The third-order valence-electron chi connectivity index (χ3n) is 3.11. The van der Waals surface area contributed by atoms with Crippen LogP contribution in [0, 0.1) is 0 Å². The van der Waals surface area contributed by atoms with Gasteiger partial charge in [0.05, 0.1) is 6.61 Å². The van der Waals surface area contributed by atoms with E-state index in [1.807, 2.05) is 0 Å². The van der Waals surface area contributed by atoms with Crippen LogP contribution in [0.4, 0.5) is 10.5 Å². The van der Waals surface area contributed by atoms with Crippen molar-refractivity contribution in [3.05, 3.63) is 29.8 Å². The van der Waals surface area contributed by atoms with Gasteiger partial charge in [0.25, 0.3) is 0 Å². The van der Waals surface area contributed by atoms with Crippen molar-refractivity contribution in [3.8, 4) is 0 Å². The number of anilines is 1. The van der Waals surface area contributed by atoms with E-state index >= 15 is 0 Å². The van der Waals surface area contributed by atoms with E-state index in [9.17, 15) is 18.7 Å². The van der Waals surface area contributed by atoms with E-state index in [-0.39, 0.29) is 17.9 Å². The minimum absolute atomic E-state index is 0.115. The number of carbonyl (C=O) groups excluding carboxylic acids is 2. The van der Waals surface area contributed by atoms with Crippen molar-refractivity contribution in [2.24, 2.45) is 0 Å². The number of nitrogens with one attached hydrogen (secondary N) is 1. The van der Waals surface area contributed by atoms with E-state index in [1.165, 1.54) is 24.3 Å². The van der Waals surface area contributed by atoms with Crippen molar-refractivity contribution in [3.63, 3.8) is 0 Å². The number of hydrogen-bond donors (Lipinski definition) is 5. The maximum Gasteiger partial charge on any atom is 0.411 e. The zero-order valence-corrected chi connectivity index (χ0v) is 15.0. The van der Waals surface area contributed by atoms with E-state index in [4.69, 9.17) is 24.3 Å². The molecule has 0 aromatic heterocycles. The number of hydrogen-bond acceptors (Lipinski definition) is 5. The van der Waals surface area contributed by atoms with Crippen molar-refractivity contribution in [1.29, 1.82) is 0 Å². The zero-order chi connectivity index (χ0) is 19.3. The predicted molar refractivity (Wildman–Crippen MR) is 88.5 cm³/mol. The van der Waals surface area contributed by atoms with E-state index < -0.39 is 45.3 Å². The Balaban J connectivity index is 2.82. The lowest BCUT2D eigenvalue weighted by atomic mass is 10.1. The number of ether oxygens (including phenoxy) is 1. The van der Waals surface area contributed by atoms with Crippen molar-refractivity contribution >= 4 is 32.8 Å². The normalized spacial score (nSPS) is 12.1. The first-order valence-corrected chi connectivity index (χ1v) is 10.5. The lowest BCUT2D eigenvalue weighted by molar-refractivity contribution is 0.0980. The van der Waals surface area contributed by atoms with Crippen LogP contribution in [0.1, 0.15) is 30.1 Å². The lowest BCUT2D eigenvalue weighted by Gasteiger charge is -2.19. The topological polar surface area (TPSA) is 170 Å². The van der Waals surface area contributed by atoms with Gasteiger partial charge in [-0.25, -0.2) is 4.79 Å². The molecule has 0 aliphatic rings. The van der Waals surface area contributed by atoms with Crippen LogP contribution in [0.25, 0.3) is 0 Å². The average Bonchev–Trinajstić information content (AvgIpc) is 2.44. The maximum atomic E-state index is 12.1. The molecule has 0 saturated carbocycles. The first kappa shape index (κ1) is 21.5. The standard InChI is InChI=1S/C13H19NO9P2/c1-2-23-13(16)14-10-5-3-4-9(8-10)11(15)6-7-12(24(17,18)19)25(20,21)22/h3-5,8,12H,2,6-7H2,1H3,(H,14,16)(H2,17,18,19)(H2,20,21,22). The summed E-state index contributed by atoms with van der Waals surface area (Å²) < 4.78 is 27.1. The van der Waals surface area contributed by atoms with E-state index in [0.29, 0.717) is 0 Å². The molecule has 0 aliphatic carbocycles. The molecule has 0 aliphatic heterocycles. The second kappa shape index (κ2) is 8.71. The van der Waals surface area contributed by atoms with Crippen molar-refractivity contribution in [1.82, 2.24) is 0 Å². The van der Waals surface area contributed by atoms with Crippen LogP contribution in [-0.4, -0.2) is 43.5 Å². The molecule has 1 aromatic rings. The number of amides is 1. The Morgan fingerprint density at radius 1 is 1.16 bits per heavy atom. The highest BCUT2D eigenvalue weighted by molar-refractivity contribution is 7.70. The van der Waals surface area contributed by atoms with Gasteiger partial charge in [-0.15, -0.1) is 0 Å². The fourth-order valence-electron chi connectivity index (χ4n) is 1.99. The van der Waals surface area contributed by atoms with E-state index in [0.717, 1.165) is 0 Å². The minimum Gasteiger partial charge on any atom is -0.450 e. The molecule has 0 fully saturated rings. The Morgan fingerprint density at radius 3 is 2.28 bits per heavy atom. The van der Waals surface area contributed by atoms with Gasteiger partial charge in [0.2, 0.25) is 0 Å². The van der Waals surface area contributed by atoms with Crippen LogP contribution in [-0.2, 0) is 13.9 Å². The fourth-order valence-corrected chi connectivity index (χ4v) is 4.49. The highest BCUT2D eigenvalue weighted by Crippen LogP contribution is 2.61. The first-order valence-electron chi connectivity index (χ1n) is 7.12. The molecule has 25 heavy (non-hydrogen) atoms. The second-order valence-electron chi connectivity index (χ2n) is 5.05. The zero-order valence-electron chi connectivity index (χ0n) is 13.2. The molecule has 1 amide bonds. The fraction of sp³-hybridized carbons (Fsp3) is 0.385. The summed E-state index contributed by atoms with van der Waals surface area (Å²) in [6.45, 7) is 1.79. The van der Waals surface area contributed by atoms with Crippen LogP contribution in [0.5, 0.6) is 0 Å². The van der Waals surface area contributed by atoms with Gasteiger partial charge < -0.3 is 24.3 Å². The third kappa shape index (κ3) is 7.07. The van der Waals surface area contributed by atoms with E-state index in [2.05, 4.69) is 5.32 Å². The van der Waals surface area contributed by atoms with Gasteiger partial charge in [-0.2, -0.15) is 0 Å². The number of ketones is 1. The second-order valence-corrected chi connectivity index (χ2v) is 9.06. The molecule has 0 unspecified atom stereocenters. The largest absolute Gasteiger partial charge is 0.450 e. The van der Waals surface area contributed by atoms with Crippen molar-refractivity contribution < 1.29 is 43.0 Å². The van der Waals surface area contributed by atoms with Gasteiger partial charge in [-0.3, -0.25) is 19.2 Å². The maximum absolute atomic E-state index is 12.1. The van der Waals surface area contributed by atoms with Gasteiger partial charge in [0.1, 0.15) is 0 Å². The summed E-state index contributed by atoms with van der Waals surface area (Å²) in [6.07, 6.45) is -1.87. The van der Waals surface area contributed by atoms with E-state index in [1.54, 1.807) is 6.92 Å². The Kier molecular flexibility index (Phi) is 7.49. The third-order valence-corrected chi connectivity index (χ3v) is 6.99. The molecule has 0 spiro atoms. The molecule has 12 heteroatoms. The van der Waals surface area contributed by atoms with Crippen LogP contribution in [0.15, 0.2) is 24.3 Å². The van der Waals surface area contributed by atoms with Crippen LogP contribution in [0.2, 0.25) is 0 Å². The number of carbonyl (C=O) groups is 2. The molecule has 140 valence electrons. The molecule has 10 nitrogen and oxygen atoms in total. The number of rotatable bonds is 8. The highest BCUT2D eigenvalue weighted by Gasteiger charge is 2.43. The highest BCUT2D eigenvalue weighted by atomic mass is 31.2. The quantitative estimate of drug-likeness (QED) is 0.326. The number of Topliss-reactive ketones (excluding diaryl/α,β-unsaturated/α-hetero) is 1. The van der Waals surface area contributed by atoms with Crippen molar-refractivity contribution in [2.75, 3.05) is 11.9 Å². The molecule has 0 radical (unpaired) electrons. The lowest BCUT2D eigenvalue weighted by Crippen LogP contribution is -2.14. The Morgan fingerprint density at radius 2 is 1.76 bits per heavy atom. The molecule has 0 atom stereocenters. The van der Waals surface area contributed by atoms with Crippen LogP contribution < -0.4 is 5.32 Å². The van der Waals surface area contributed by atoms with Gasteiger partial charge in [-0.05, 0) is 25.5 Å². The summed E-state index contributed by atoms with van der Waals surface area (Å²) in [5.41, 5.74) is 0.385. The first-order chi connectivity index (χ1) is 11.4. The summed E-state index contributed by atoms with van der Waals surface area (Å²) in [7, 11) is -10.1. The average molecular weight is 395 g/mol. The van der Waals surface area contributed by atoms with Crippen LogP contribution >= 0.6 is 15.2 Å². The molecular weight excluding hydrogens is 376 g/mol. The SMILES string of the molecule is CCOC(=O)Nc1cccc(C(=O)CCC(P(=O)(O)O)P(=O)(O)O)c1. The Bertz CT molecular complexity index is 702. The van der Waals surface area contributed by atoms with Gasteiger partial charge in [0.15, 0.2) is 11.2 Å². The molecule has 0 heterocycles. The smallest absolute Gasteiger partial charge is 0.411 e. The summed E-state index contributed by atoms with van der Waals surface area (Å²) >= 11 is 0. The molecule has 1 rings (SSSR count). The molecule has 5 N–H and O–H groups in total. The van der Waals surface area contributed by atoms with Gasteiger partial charge in [-0.1, -0.05) is 12.1 Å². The van der Waals surface area contributed by atoms with Crippen LogP contribution in [0.3, 0.4) is 0 Å². The molecule has 0 bridgehead atoms.